The second-order valence-electron chi connectivity index (χ2n) is 5.91. The highest BCUT2D eigenvalue weighted by atomic mass is 32.2. The molecule has 1 atom stereocenters. The number of sulfonamides is 1. The molecule has 0 saturated heterocycles. The Bertz CT molecular complexity index is 858. The summed E-state index contributed by atoms with van der Waals surface area (Å²) in [5.74, 6) is 0.124. The van der Waals surface area contributed by atoms with E-state index in [9.17, 15) is 18.3 Å². The van der Waals surface area contributed by atoms with Gasteiger partial charge in [-0.1, -0.05) is 24.3 Å². The first-order chi connectivity index (χ1) is 13.4. The molecule has 1 unspecified atom stereocenters. The molecule has 0 aromatic heterocycles. The molecule has 0 fully saturated rings. The van der Waals surface area contributed by atoms with Gasteiger partial charge in [-0.15, -0.1) is 0 Å². The fourth-order valence-electron chi connectivity index (χ4n) is 2.25. The van der Waals surface area contributed by atoms with Crippen LogP contribution in [0.4, 0.5) is 0 Å². The van der Waals surface area contributed by atoms with Gasteiger partial charge >= 0.3 is 0 Å². The number of ether oxygens (including phenoxy) is 2. The highest BCUT2D eigenvalue weighted by Gasteiger charge is 2.16. The number of benzene rings is 2. The van der Waals surface area contributed by atoms with Crippen LogP contribution in [0.5, 0.6) is 5.75 Å². The fraction of sp³-hybridized carbons (Fsp3) is 0.316. The third-order valence-electron chi connectivity index (χ3n) is 3.69. The number of carbonyl (C=O) groups is 1. The lowest BCUT2D eigenvalue weighted by atomic mass is 10.2. The van der Waals surface area contributed by atoms with Gasteiger partial charge in [0.1, 0.15) is 18.5 Å². The second-order valence-corrected chi connectivity index (χ2v) is 7.67. The van der Waals surface area contributed by atoms with Gasteiger partial charge in [0.15, 0.2) is 0 Å². The number of aliphatic hydroxyl groups is 1. The smallest absolute Gasteiger partial charge is 0.251 e. The summed E-state index contributed by atoms with van der Waals surface area (Å²) in [7, 11) is -2.27. The summed E-state index contributed by atoms with van der Waals surface area (Å²) in [6, 6.07) is 14.7. The van der Waals surface area contributed by atoms with E-state index in [1.165, 1.54) is 31.4 Å². The normalized spacial score (nSPS) is 12.4. The zero-order valence-corrected chi connectivity index (χ0v) is 16.3. The van der Waals surface area contributed by atoms with E-state index in [-0.39, 0.29) is 36.8 Å². The van der Waals surface area contributed by atoms with Crippen molar-refractivity contribution in [2.75, 3.05) is 33.4 Å². The largest absolute Gasteiger partial charge is 0.491 e. The molecule has 2 rings (SSSR count). The van der Waals surface area contributed by atoms with Gasteiger partial charge in [0.2, 0.25) is 10.0 Å². The molecule has 1 amide bonds. The Labute approximate surface area is 164 Å². The number of rotatable bonds is 11. The summed E-state index contributed by atoms with van der Waals surface area (Å²) in [6.07, 6.45) is -0.910. The van der Waals surface area contributed by atoms with E-state index in [0.717, 1.165) is 0 Å². The molecule has 0 spiro atoms. The predicted molar refractivity (Wildman–Crippen MR) is 104 cm³/mol. The highest BCUT2D eigenvalue weighted by Crippen LogP contribution is 2.12. The minimum absolute atomic E-state index is 0.0160. The molecule has 8 nitrogen and oxygen atoms in total. The number of hydrogen-bond acceptors (Lipinski definition) is 6. The van der Waals surface area contributed by atoms with Crippen molar-refractivity contribution in [3.05, 3.63) is 60.2 Å². The Morgan fingerprint density at radius 1 is 1.14 bits per heavy atom. The van der Waals surface area contributed by atoms with Gasteiger partial charge in [-0.2, -0.15) is 0 Å². The Morgan fingerprint density at radius 2 is 1.89 bits per heavy atom. The lowest BCUT2D eigenvalue weighted by Crippen LogP contribution is -2.35. The molecule has 0 aliphatic carbocycles. The van der Waals surface area contributed by atoms with Crippen LogP contribution in [0, 0.1) is 0 Å². The zero-order valence-electron chi connectivity index (χ0n) is 15.5. The van der Waals surface area contributed by atoms with Gasteiger partial charge in [0, 0.05) is 25.8 Å². The number of para-hydroxylation sites is 1. The van der Waals surface area contributed by atoms with Crippen molar-refractivity contribution in [2.45, 2.75) is 11.0 Å². The van der Waals surface area contributed by atoms with Crippen molar-refractivity contribution in [3.63, 3.8) is 0 Å². The summed E-state index contributed by atoms with van der Waals surface area (Å²) >= 11 is 0. The molecule has 0 aliphatic rings. The fourth-order valence-corrected chi connectivity index (χ4v) is 3.31. The number of methoxy groups -OCH3 is 1. The van der Waals surface area contributed by atoms with Crippen LogP contribution in [0.25, 0.3) is 0 Å². The van der Waals surface area contributed by atoms with Crippen LogP contribution < -0.4 is 14.8 Å². The van der Waals surface area contributed by atoms with Crippen LogP contribution in [0.15, 0.2) is 59.5 Å². The molecule has 2 aromatic rings. The van der Waals surface area contributed by atoms with Gasteiger partial charge in [0.05, 0.1) is 11.5 Å². The molecule has 9 heteroatoms. The van der Waals surface area contributed by atoms with Crippen molar-refractivity contribution in [1.29, 1.82) is 0 Å². The zero-order chi connectivity index (χ0) is 20.4. The highest BCUT2D eigenvalue weighted by molar-refractivity contribution is 7.89. The molecular weight excluding hydrogens is 384 g/mol. The number of aliphatic hydroxyl groups excluding tert-OH is 1. The summed E-state index contributed by atoms with van der Waals surface area (Å²) in [5.41, 5.74) is 0.172. The molecule has 152 valence electrons. The SMILES string of the molecule is COCCNS(=O)(=O)c1cccc(C(=O)NCC(O)COc2ccccc2)c1. The Hall–Kier alpha value is -2.46. The van der Waals surface area contributed by atoms with Crippen LogP contribution >= 0.6 is 0 Å². The first-order valence-corrected chi connectivity index (χ1v) is 10.1. The molecule has 2 aromatic carbocycles. The van der Waals surface area contributed by atoms with Crippen molar-refractivity contribution < 1.29 is 27.8 Å². The van der Waals surface area contributed by atoms with Crippen LogP contribution in [0.3, 0.4) is 0 Å². The van der Waals surface area contributed by atoms with Gasteiger partial charge in [-0.3, -0.25) is 4.79 Å². The first-order valence-electron chi connectivity index (χ1n) is 8.65. The molecule has 0 heterocycles. The molecule has 28 heavy (non-hydrogen) atoms. The third-order valence-corrected chi connectivity index (χ3v) is 5.15. The standard InChI is InChI=1S/C19H24N2O6S/c1-26-11-10-21-28(24,25)18-9-5-6-15(12-18)19(23)20-13-16(22)14-27-17-7-3-2-4-8-17/h2-9,12,16,21-22H,10-11,13-14H2,1H3,(H,20,23). The monoisotopic (exact) mass is 408 g/mol. The topological polar surface area (TPSA) is 114 Å². The maximum absolute atomic E-state index is 12.3. The first kappa shape index (κ1) is 21.8. The summed E-state index contributed by atoms with van der Waals surface area (Å²) in [5, 5.41) is 12.5. The number of amides is 1. The van der Waals surface area contributed by atoms with E-state index in [1.54, 1.807) is 12.1 Å². The lowest BCUT2D eigenvalue weighted by molar-refractivity contribution is 0.0843. The van der Waals surface area contributed by atoms with Crippen molar-refractivity contribution in [3.8, 4) is 5.75 Å². The number of carbonyl (C=O) groups excluding carboxylic acids is 1. The maximum atomic E-state index is 12.3. The van der Waals surface area contributed by atoms with Crippen LogP contribution in [0.1, 0.15) is 10.4 Å². The molecule has 0 radical (unpaired) electrons. The maximum Gasteiger partial charge on any atom is 0.251 e. The van der Waals surface area contributed by atoms with Gasteiger partial charge in [-0.25, -0.2) is 13.1 Å². The average molecular weight is 408 g/mol. The van der Waals surface area contributed by atoms with Gasteiger partial charge in [-0.05, 0) is 30.3 Å². The summed E-state index contributed by atoms with van der Waals surface area (Å²) in [4.78, 5) is 12.2. The Kier molecular flexibility index (Phi) is 8.40. The van der Waals surface area contributed by atoms with E-state index < -0.39 is 22.0 Å². The van der Waals surface area contributed by atoms with Crippen LogP contribution in [-0.2, 0) is 14.8 Å². The van der Waals surface area contributed by atoms with Crippen molar-refractivity contribution >= 4 is 15.9 Å². The van der Waals surface area contributed by atoms with E-state index in [1.807, 2.05) is 18.2 Å². The average Bonchev–Trinajstić information content (AvgIpc) is 2.71. The molecule has 3 N–H and O–H groups in total. The Morgan fingerprint density at radius 3 is 2.61 bits per heavy atom. The second kappa shape index (κ2) is 10.8. The molecule has 0 aliphatic heterocycles. The predicted octanol–water partition coefficient (Wildman–Crippen LogP) is 0.781. The van der Waals surface area contributed by atoms with E-state index in [4.69, 9.17) is 9.47 Å². The number of hydrogen-bond donors (Lipinski definition) is 3. The van der Waals surface area contributed by atoms with Crippen molar-refractivity contribution in [2.24, 2.45) is 0 Å². The minimum Gasteiger partial charge on any atom is -0.491 e. The molecular formula is C19H24N2O6S. The van der Waals surface area contributed by atoms with Crippen molar-refractivity contribution in [1.82, 2.24) is 10.0 Å². The van der Waals surface area contributed by atoms with Crippen LogP contribution in [-0.4, -0.2) is 58.9 Å². The van der Waals surface area contributed by atoms with E-state index in [0.29, 0.717) is 5.75 Å². The minimum atomic E-state index is -3.74. The van der Waals surface area contributed by atoms with E-state index in [2.05, 4.69) is 10.0 Å². The Balaban J connectivity index is 1.88. The van der Waals surface area contributed by atoms with Crippen LogP contribution in [0.2, 0.25) is 0 Å². The van der Waals surface area contributed by atoms with Gasteiger partial charge < -0.3 is 19.9 Å². The third kappa shape index (κ3) is 6.93. The lowest BCUT2D eigenvalue weighted by Gasteiger charge is -2.13. The molecule has 0 saturated carbocycles. The quantitative estimate of drug-likeness (QED) is 0.474. The van der Waals surface area contributed by atoms with E-state index >= 15 is 0 Å². The summed E-state index contributed by atoms with van der Waals surface area (Å²) in [6.45, 7) is 0.349. The number of nitrogens with one attached hydrogen (secondary N) is 2. The molecule has 0 bridgehead atoms. The van der Waals surface area contributed by atoms with Gasteiger partial charge in [0.25, 0.3) is 5.91 Å². The summed E-state index contributed by atoms with van der Waals surface area (Å²) < 4.78 is 37.0.